The van der Waals surface area contributed by atoms with Crippen LogP contribution in [0.4, 0.5) is 0 Å². The van der Waals surface area contributed by atoms with E-state index in [0.717, 1.165) is 16.7 Å². The smallest absolute Gasteiger partial charge is 0.475 e. The molecule has 3 atom stereocenters. The lowest BCUT2D eigenvalue weighted by Gasteiger charge is -2.38. The molecule has 0 fully saturated rings. The predicted octanol–water partition coefficient (Wildman–Crippen LogP) is 9.37. The molecular weight excluding hydrogens is 659 g/mol. The van der Waals surface area contributed by atoms with Gasteiger partial charge in [0.05, 0.1) is 19.8 Å². The Hall–Kier alpha value is -3.50. The summed E-state index contributed by atoms with van der Waals surface area (Å²) in [5.41, 5.74) is 2.99. The molecule has 0 radical (unpaired) electrons. The minimum atomic E-state index is -4.37. The highest BCUT2D eigenvalue weighted by Gasteiger charge is 2.48. The van der Waals surface area contributed by atoms with Gasteiger partial charge in [0, 0.05) is 0 Å². The Balaban J connectivity index is 2.06. The van der Waals surface area contributed by atoms with E-state index in [0.29, 0.717) is 5.57 Å². The van der Waals surface area contributed by atoms with Crippen LogP contribution in [-0.4, -0.2) is 46.3 Å². The minimum absolute atomic E-state index is 0.0645. The van der Waals surface area contributed by atoms with Crippen molar-refractivity contribution in [1.29, 1.82) is 0 Å². The van der Waals surface area contributed by atoms with Gasteiger partial charge in [0.2, 0.25) is 5.76 Å². The number of carbonyl (C=O) groups is 1. The molecule has 11 heteroatoms. The predicted molar refractivity (Wildman–Crippen MR) is 195 cm³/mol. The van der Waals surface area contributed by atoms with Crippen molar-refractivity contribution < 1.29 is 41.6 Å². The van der Waals surface area contributed by atoms with E-state index in [2.05, 4.69) is 47.0 Å². The first kappa shape index (κ1) is 39.9. The number of hydrogen-bond acceptors (Lipinski definition) is 9. The second-order valence-corrected chi connectivity index (χ2v) is 19.6. The fourth-order valence-corrected chi connectivity index (χ4v) is 6.61. The zero-order chi connectivity index (χ0) is 36.1. The molecule has 0 N–H and O–H groups in total. The fourth-order valence-electron chi connectivity index (χ4n) is 4.26. The molecule has 266 valence electrons. The summed E-state index contributed by atoms with van der Waals surface area (Å²) in [4.78, 5) is 13.4. The molecule has 2 aromatic rings. The van der Waals surface area contributed by atoms with Gasteiger partial charge < -0.3 is 18.6 Å². The molecule has 0 bridgehead atoms. The molecule has 1 aliphatic rings. The van der Waals surface area contributed by atoms with Gasteiger partial charge in [0.25, 0.3) is 0 Å². The number of benzene rings is 2. The maximum Gasteiger partial charge on any atom is 0.475 e. The lowest BCUT2D eigenvalue weighted by Crippen LogP contribution is -2.45. The van der Waals surface area contributed by atoms with E-state index in [4.69, 9.17) is 32.2 Å². The Labute approximate surface area is 293 Å². The summed E-state index contributed by atoms with van der Waals surface area (Å²) in [6, 6.07) is 18.7. The van der Waals surface area contributed by atoms with Crippen molar-refractivity contribution in [2.75, 3.05) is 19.8 Å². The molecule has 1 heterocycles. The molecule has 3 unspecified atom stereocenters. The fraction of sp³-hybridized carbons (Fsp3) is 0.395. The van der Waals surface area contributed by atoms with E-state index in [1.54, 1.807) is 24.3 Å². The van der Waals surface area contributed by atoms with E-state index in [9.17, 15) is 9.36 Å². The highest BCUT2D eigenvalue weighted by Crippen LogP contribution is 2.53. The van der Waals surface area contributed by atoms with Gasteiger partial charge in [-0.2, -0.15) is 0 Å². The number of phosphoric acid groups is 1. The first-order chi connectivity index (χ1) is 23.2. The van der Waals surface area contributed by atoms with Crippen LogP contribution in [0.3, 0.4) is 0 Å². The van der Waals surface area contributed by atoms with Crippen LogP contribution in [0.15, 0.2) is 121 Å². The van der Waals surface area contributed by atoms with Crippen LogP contribution in [-0.2, 0) is 54.8 Å². The number of cyclic esters (lactones) is 1. The quantitative estimate of drug-likeness (QED) is 0.0576. The Morgan fingerprint density at radius 3 is 2.16 bits per heavy atom. The number of phosphoric ester groups is 1. The van der Waals surface area contributed by atoms with Crippen molar-refractivity contribution in [3.05, 3.63) is 132 Å². The summed E-state index contributed by atoms with van der Waals surface area (Å²) >= 11 is 0. The molecule has 9 nitrogen and oxygen atoms in total. The van der Waals surface area contributed by atoms with E-state index in [1.807, 2.05) is 74.5 Å². The molecule has 0 saturated heterocycles. The summed E-state index contributed by atoms with van der Waals surface area (Å²) in [5.74, 6) is -0.763. The van der Waals surface area contributed by atoms with Crippen LogP contribution in [0.5, 0.6) is 0 Å². The van der Waals surface area contributed by atoms with Gasteiger partial charge in [-0.15, -0.1) is 0 Å². The molecular formula is C38H51O9PSi. The van der Waals surface area contributed by atoms with Gasteiger partial charge in [-0.25, -0.2) is 9.36 Å². The minimum Gasteiger partial charge on any atom is -0.485 e. The van der Waals surface area contributed by atoms with Crippen LogP contribution in [0, 0.1) is 0 Å². The number of ether oxygens (including phenoxy) is 3. The summed E-state index contributed by atoms with van der Waals surface area (Å²) in [6.07, 6.45) is 4.58. The Bertz CT molecular complexity index is 1540. The van der Waals surface area contributed by atoms with Crippen LogP contribution >= 0.6 is 7.82 Å². The Morgan fingerprint density at radius 2 is 1.59 bits per heavy atom. The molecule has 0 spiro atoms. The summed E-state index contributed by atoms with van der Waals surface area (Å²) in [6.45, 7) is 21.8. The summed E-state index contributed by atoms with van der Waals surface area (Å²) in [7, 11) is -6.77. The third-order valence-electron chi connectivity index (χ3n) is 8.04. The number of hydrogen-bond donors (Lipinski definition) is 0. The second-order valence-electron chi connectivity index (χ2n) is 13.2. The largest absolute Gasteiger partial charge is 0.485 e. The average molecular weight is 711 g/mol. The van der Waals surface area contributed by atoms with E-state index in [1.165, 1.54) is 0 Å². The van der Waals surface area contributed by atoms with Crippen molar-refractivity contribution in [3.63, 3.8) is 0 Å². The molecule has 49 heavy (non-hydrogen) atoms. The van der Waals surface area contributed by atoms with Gasteiger partial charge in [-0.05, 0) is 54.3 Å². The standard InChI is InChI=1S/C38H51O9PSi/c1-10-18-29(3)24-41-36-35(42-26-31-20-14-12-15-21-31)34(46-37(36)39)33(28-45-49(8,9)38(5,6)7)47-48(40,43-25-30(4)19-11-2)44-27-32-22-16-13-17-23-32/h10-23,33-34H,1,4,24-28H2,2-3,5-9H3. The number of rotatable bonds is 20. The maximum absolute atomic E-state index is 14.5. The average Bonchev–Trinajstić information content (AvgIpc) is 3.38. The number of carbonyl (C=O) groups excluding carboxylic acids is 1. The van der Waals surface area contributed by atoms with Gasteiger partial charge in [-0.1, -0.05) is 119 Å². The van der Waals surface area contributed by atoms with Crippen LogP contribution in [0.25, 0.3) is 0 Å². The molecule has 0 saturated carbocycles. The zero-order valence-corrected chi connectivity index (χ0v) is 31.7. The van der Waals surface area contributed by atoms with Crippen LogP contribution in [0.1, 0.15) is 45.7 Å². The number of esters is 1. The lowest BCUT2D eigenvalue weighted by atomic mass is 10.1. The Morgan fingerprint density at radius 1 is 0.980 bits per heavy atom. The van der Waals surface area contributed by atoms with Gasteiger partial charge in [0.1, 0.15) is 19.3 Å². The van der Waals surface area contributed by atoms with Gasteiger partial charge in [-0.3, -0.25) is 13.6 Å². The molecule has 0 amide bonds. The third kappa shape index (κ3) is 12.4. The zero-order valence-electron chi connectivity index (χ0n) is 29.8. The molecule has 3 rings (SSSR count). The second kappa shape index (κ2) is 18.5. The van der Waals surface area contributed by atoms with Crippen molar-refractivity contribution in [3.8, 4) is 0 Å². The topological polar surface area (TPSA) is 98.8 Å². The van der Waals surface area contributed by atoms with E-state index >= 15 is 0 Å². The first-order valence-corrected chi connectivity index (χ1v) is 20.6. The van der Waals surface area contributed by atoms with Crippen molar-refractivity contribution in [2.45, 2.75) is 78.2 Å². The maximum atomic E-state index is 14.5. The highest BCUT2D eigenvalue weighted by atomic mass is 31.2. The Kier molecular flexibility index (Phi) is 15.1. The van der Waals surface area contributed by atoms with E-state index < -0.39 is 34.3 Å². The van der Waals surface area contributed by atoms with E-state index in [-0.39, 0.29) is 49.6 Å². The van der Waals surface area contributed by atoms with Crippen molar-refractivity contribution in [2.24, 2.45) is 0 Å². The highest BCUT2D eigenvalue weighted by molar-refractivity contribution is 7.48. The lowest BCUT2D eigenvalue weighted by molar-refractivity contribution is -0.148. The SMILES string of the molecule is C=CC=C(C)COC1=C(OCc2ccccc2)C(C(CO[Si](C)(C)C(C)(C)C)OP(=O)(OCC(=C)C=CC)OCc2ccccc2)OC1=O. The van der Waals surface area contributed by atoms with Crippen molar-refractivity contribution >= 4 is 22.1 Å². The molecule has 1 aliphatic heterocycles. The number of allylic oxidation sites excluding steroid dienone is 3. The van der Waals surface area contributed by atoms with Crippen LogP contribution < -0.4 is 0 Å². The molecule has 2 aromatic carbocycles. The van der Waals surface area contributed by atoms with Crippen LogP contribution in [0.2, 0.25) is 18.1 Å². The van der Waals surface area contributed by atoms with Gasteiger partial charge >= 0.3 is 13.8 Å². The third-order valence-corrected chi connectivity index (χ3v) is 14.0. The summed E-state index contributed by atoms with van der Waals surface area (Å²) in [5, 5.41) is -0.163. The molecule has 0 aliphatic carbocycles. The normalized spacial score (nSPS) is 17.5. The monoisotopic (exact) mass is 710 g/mol. The first-order valence-electron chi connectivity index (χ1n) is 16.3. The van der Waals surface area contributed by atoms with Gasteiger partial charge in [0.15, 0.2) is 20.2 Å². The molecule has 0 aromatic heterocycles. The van der Waals surface area contributed by atoms with Crippen molar-refractivity contribution in [1.82, 2.24) is 0 Å². The summed E-state index contributed by atoms with van der Waals surface area (Å²) < 4.78 is 57.3.